The summed E-state index contributed by atoms with van der Waals surface area (Å²) in [7, 11) is -1.06. The highest BCUT2D eigenvalue weighted by molar-refractivity contribution is 7.86. The average Bonchev–Trinajstić information content (AvgIpc) is 2.72. The quantitative estimate of drug-likeness (QED) is 0.799. The third-order valence-electron chi connectivity index (χ3n) is 1.68. The predicted octanol–water partition coefficient (Wildman–Crippen LogP) is 1.85. The molecule has 0 amide bonds. The van der Waals surface area contributed by atoms with E-state index in [9.17, 15) is 4.21 Å². The molecule has 2 aromatic rings. The van der Waals surface area contributed by atoms with Crippen molar-refractivity contribution < 1.29 is 4.21 Å². The van der Waals surface area contributed by atoms with Gasteiger partial charge >= 0.3 is 0 Å². The summed E-state index contributed by atoms with van der Waals surface area (Å²) in [5.74, 6) is 0.510. The molecule has 1 atom stereocenters. The molecule has 3 nitrogen and oxygen atoms in total. The molecule has 1 heterocycles. The number of rotatable bonds is 3. The first-order chi connectivity index (χ1) is 6.86. The van der Waals surface area contributed by atoms with Crippen LogP contribution in [0.5, 0.6) is 0 Å². The molecule has 0 aliphatic heterocycles. The van der Waals surface area contributed by atoms with Crippen molar-refractivity contribution in [1.29, 1.82) is 0 Å². The van der Waals surface area contributed by atoms with Crippen molar-refractivity contribution in [3.05, 3.63) is 42.2 Å². The van der Waals surface area contributed by atoms with Gasteiger partial charge in [-0.25, -0.2) is 4.98 Å². The Morgan fingerprint density at radius 2 is 2.07 bits per heavy atom. The number of hydrogen-bond acceptors (Lipinski definition) is 4. The van der Waals surface area contributed by atoms with Crippen molar-refractivity contribution in [2.24, 2.45) is 0 Å². The fourth-order valence-corrected chi connectivity index (χ4v) is 2.75. The zero-order valence-electron chi connectivity index (χ0n) is 7.29. The first-order valence-corrected chi connectivity index (χ1v) is 6.14. The second-order valence-corrected chi connectivity index (χ2v) is 5.09. The molecule has 0 saturated carbocycles. The van der Waals surface area contributed by atoms with Crippen LogP contribution in [0.1, 0.15) is 5.56 Å². The summed E-state index contributed by atoms with van der Waals surface area (Å²) < 4.78 is 16.1. The topological polar surface area (TPSA) is 42.9 Å². The standard InChI is InChI=1S/C9H8N2OS2/c12-14(9-10-7-11-13-9)6-8-4-2-1-3-5-8/h1-5,7H,6H2. The number of aromatic nitrogens is 2. The van der Waals surface area contributed by atoms with E-state index in [0.717, 1.165) is 5.56 Å². The zero-order chi connectivity index (χ0) is 9.80. The van der Waals surface area contributed by atoms with Crippen LogP contribution in [0, 0.1) is 0 Å². The lowest BCUT2D eigenvalue weighted by molar-refractivity contribution is 0.682. The van der Waals surface area contributed by atoms with Crippen LogP contribution in [0.3, 0.4) is 0 Å². The van der Waals surface area contributed by atoms with E-state index in [-0.39, 0.29) is 0 Å². The first kappa shape index (κ1) is 9.48. The van der Waals surface area contributed by atoms with Crippen molar-refractivity contribution in [1.82, 2.24) is 9.36 Å². The summed E-state index contributed by atoms with van der Waals surface area (Å²) >= 11 is 1.19. The highest BCUT2D eigenvalue weighted by atomic mass is 32.2. The van der Waals surface area contributed by atoms with E-state index in [1.165, 1.54) is 17.9 Å². The Labute approximate surface area is 88.4 Å². The summed E-state index contributed by atoms with van der Waals surface area (Å²) in [4.78, 5) is 3.92. The number of benzene rings is 1. The smallest absolute Gasteiger partial charge is 0.200 e. The molecule has 0 radical (unpaired) electrons. The van der Waals surface area contributed by atoms with E-state index in [1.54, 1.807) is 0 Å². The van der Waals surface area contributed by atoms with Crippen molar-refractivity contribution in [2.45, 2.75) is 10.1 Å². The molecule has 1 unspecified atom stereocenters. The summed E-state index contributed by atoms with van der Waals surface area (Å²) in [6.07, 6.45) is 1.43. The van der Waals surface area contributed by atoms with E-state index >= 15 is 0 Å². The maximum absolute atomic E-state index is 11.7. The van der Waals surface area contributed by atoms with Crippen molar-refractivity contribution >= 4 is 22.3 Å². The van der Waals surface area contributed by atoms with E-state index in [0.29, 0.717) is 10.1 Å². The Balaban J connectivity index is 2.10. The van der Waals surface area contributed by atoms with E-state index in [4.69, 9.17) is 0 Å². The third-order valence-corrected chi connectivity index (χ3v) is 4.01. The Hall–Kier alpha value is -1.07. The van der Waals surface area contributed by atoms with Gasteiger partial charge in [0.1, 0.15) is 6.33 Å². The lowest BCUT2D eigenvalue weighted by Gasteiger charge is -1.97. The minimum Gasteiger partial charge on any atom is -0.251 e. The summed E-state index contributed by atoms with van der Waals surface area (Å²) in [5, 5.41) is 0. The molecule has 1 aromatic carbocycles. The molecule has 0 saturated heterocycles. The van der Waals surface area contributed by atoms with Crippen LogP contribution >= 0.6 is 11.5 Å². The van der Waals surface area contributed by atoms with Crippen LogP contribution in [0.25, 0.3) is 0 Å². The van der Waals surface area contributed by atoms with Gasteiger partial charge in [0.05, 0.1) is 16.6 Å². The highest BCUT2D eigenvalue weighted by Gasteiger charge is 2.07. The Bertz CT molecular complexity index is 414. The van der Waals surface area contributed by atoms with Gasteiger partial charge in [-0.15, -0.1) is 0 Å². The molecule has 72 valence electrons. The average molecular weight is 224 g/mol. The number of nitrogens with zero attached hydrogens (tertiary/aromatic N) is 2. The van der Waals surface area contributed by atoms with Crippen LogP contribution in [0.4, 0.5) is 0 Å². The molecule has 1 aromatic heterocycles. The van der Waals surface area contributed by atoms with Gasteiger partial charge in [-0.05, 0) is 17.1 Å². The van der Waals surface area contributed by atoms with E-state index in [1.807, 2.05) is 30.3 Å². The van der Waals surface area contributed by atoms with Gasteiger partial charge in [0.2, 0.25) is 4.34 Å². The largest absolute Gasteiger partial charge is 0.251 e. The molecule has 0 bridgehead atoms. The molecular formula is C9H8N2OS2. The van der Waals surface area contributed by atoms with Crippen LogP contribution in [-0.4, -0.2) is 13.6 Å². The van der Waals surface area contributed by atoms with Crippen LogP contribution in [0.15, 0.2) is 41.0 Å². The molecular weight excluding hydrogens is 216 g/mol. The molecule has 0 spiro atoms. The molecule has 14 heavy (non-hydrogen) atoms. The summed E-state index contributed by atoms with van der Waals surface area (Å²) in [5.41, 5.74) is 1.06. The lowest BCUT2D eigenvalue weighted by Crippen LogP contribution is -1.95. The molecule has 0 aliphatic rings. The van der Waals surface area contributed by atoms with Crippen LogP contribution in [0.2, 0.25) is 0 Å². The van der Waals surface area contributed by atoms with Gasteiger partial charge in [-0.1, -0.05) is 30.3 Å². The van der Waals surface area contributed by atoms with Crippen molar-refractivity contribution in [3.8, 4) is 0 Å². The minimum atomic E-state index is -1.06. The summed E-state index contributed by atoms with van der Waals surface area (Å²) in [6, 6.07) is 9.73. The second-order valence-electron chi connectivity index (χ2n) is 2.68. The lowest BCUT2D eigenvalue weighted by atomic mass is 10.2. The van der Waals surface area contributed by atoms with E-state index in [2.05, 4.69) is 9.36 Å². The fourth-order valence-electron chi connectivity index (χ4n) is 1.05. The molecule has 0 fully saturated rings. The Morgan fingerprint density at radius 3 is 2.71 bits per heavy atom. The molecule has 0 aliphatic carbocycles. The van der Waals surface area contributed by atoms with Gasteiger partial charge in [0, 0.05) is 0 Å². The van der Waals surface area contributed by atoms with E-state index < -0.39 is 10.8 Å². The first-order valence-electron chi connectivity index (χ1n) is 4.05. The molecule has 2 rings (SSSR count). The zero-order valence-corrected chi connectivity index (χ0v) is 8.92. The van der Waals surface area contributed by atoms with Crippen LogP contribution in [-0.2, 0) is 16.6 Å². The monoisotopic (exact) mass is 224 g/mol. The number of hydrogen-bond donors (Lipinski definition) is 0. The second kappa shape index (κ2) is 4.43. The maximum Gasteiger partial charge on any atom is 0.200 e. The van der Waals surface area contributed by atoms with Gasteiger partial charge < -0.3 is 0 Å². The van der Waals surface area contributed by atoms with Gasteiger partial charge in [-0.2, -0.15) is 4.37 Å². The van der Waals surface area contributed by atoms with Gasteiger partial charge in [0.15, 0.2) is 0 Å². The summed E-state index contributed by atoms with van der Waals surface area (Å²) in [6.45, 7) is 0. The van der Waals surface area contributed by atoms with Gasteiger partial charge in [-0.3, -0.25) is 4.21 Å². The van der Waals surface area contributed by atoms with Gasteiger partial charge in [0.25, 0.3) is 0 Å². The fraction of sp³-hybridized carbons (Fsp3) is 0.111. The van der Waals surface area contributed by atoms with Crippen LogP contribution < -0.4 is 0 Å². The normalized spacial score (nSPS) is 12.6. The predicted molar refractivity (Wildman–Crippen MR) is 56.5 cm³/mol. The minimum absolute atomic E-state index is 0.510. The SMILES string of the molecule is O=S(Cc1ccccc1)c1ncns1. The third kappa shape index (κ3) is 2.24. The molecule has 0 N–H and O–H groups in total. The van der Waals surface area contributed by atoms with Crippen molar-refractivity contribution in [2.75, 3.05) is 0 Å². The molecule has 5 heteroatoms. The Morgan fingerprint density at radius 1 is 1.29 bits per heavy atom. The maximum atomic E-state index is 11.7. The highest BCUT2D eigenvalue weighted by Crippen LogP contribution is 2.12. The Kier molecular flexibility index (Phi) is 3.00. The van der Waals surface area contributed by atoms with Crippen molar-refractivity contribution in [3.63, 3.8) is 0 Å².